The zero-order valence-electron chi connectivity index (χ0n) is 16.6. The lowest BCUT2D eigenvalue weighted by molar-refractivity contribution is -0.166. The highest BCUT2D eigenvalue weighted by Crippen LogP contribution is 2.25. The third-order valence-corrected chi connectivity index (χ3v) is 5.28. The number of furan rings is 1. The highest BCUT2D eigenvalue weighted by molar-refractivity contribution is 5.80. The van der Waals surface area contributed by atoms with Crippen molar-refractivity contribution in [3.05, 3.63) is 60.1 Å². The Bertz CT molecular complexity index is 814. The molecule has 0 bridgehead atoms. The number of piperidine rings is 1. The molecule has 0 N–H and O–H groups in total. The molecule has 2 aromatic rings. The Hall–Kier alpha value is -2.77. The molecule has 2 heterocycles. The number of carbonyl (C=O) groups excluding carboxylic acids is 2. The molecule has 30 heavy (non-hydrogen) atoms. The van der Waals surface area contributed by atoms with Crippen molar-refractivity contribution in [2.24, 2.45) is 5.92 Å². The number of hydrogen-bond acceptors (Lipinski definition) is 3. The van der Waals surface area contributed by atoms with Crippen LogP contribution >= 0.6 is 0 Å². The maximum absolute atomic E-state index is 13.0. The van der Waals surface area contributed by atoms with Gasteiger partial charge in [-0.3, -0.25) is 9.59 Å². The van der Waals surface area contributed by atoms with Crippen LogP contribution in [0.5, 0.6) is 0 Å². The Morgan fingerprint density at radius 3 is 2.37 bits per heavy atom. The topological polar surface area (TPSA) is 53.8 Å². The van der Waals surface area contributed by atoms with Crippen molar-refractivity contribution >= 4 is 11.8 Å². The Balaban J connectivity index is 1.52. The highest BCUT2D eigenvalue weighted by Gasteiger charge is 2.37. The predicted octanol–water partition coefficient (Wildman–Crippen LogP) is 4.04. The summed E-state index contributed by atoms with van der Waals surface area (Å²) < 4.78 is 44.0. The number of benzene rings is 1. The number of alkyl halides is 3. The van der Waals surface area contributed by atoms with E-state index in [9.17, 15) is 22.8 Å². The van der Waals surface area contributed by atoms with Crippen LogP contribution in [0.2, 0.25) is 0 Å². The second-order valence-electron chi connectivity index (χ2n) is 7.53. The van der Waals surface area contributed by atoms with Crippen molar-refractivity contribution in [3.8, 4) is 0 Å². The molecule has 5 nitrogen and oxygen atoms in total. The maximum Gasteiger partial charge on any atom is 0.406 e. The molecular formula is C22H25F3N2O3. The lowest BCUT2D eigenvalue weighted by Gasteiger charge is -2.34. The summed E-state index contributed by atoms with van der Waals surface area (Å²) in [5.41, 5.74) is 1.08. The Morgan fingerprint density at radius 2 is 1.77 bits per heavy atom. The molecule has 2 amide bonds. The van der Waals surface area contributed by atoms with Crippen molar-refractivity contribution in [2.75, 3.05) is 19.6 Å². The SMILES string of the molecule is O=C(CCc1ccccc1)N1CCC(C(=O)N(Cc2ccco2)CC(F)(F)F)CC1. The summed E-state index contributed by atoms with van der Waals surface area (Å²) in [7, 11) is 0. The fourth-order valence-corrected chi connectivity index (χ4v) is 3.71. The van der Waals surface area contributed by atoms with Gasteiger partial charge in [-0.25, -0.2) is 0 Å². The summed E-state index contributed by atoms with van der Waals surface area (Å²) in [4.78, 5) is 27.7. The van der Waals surface area contributed by atoms with E-state index in [0.717, 1.165) is 10.5 Å². The van der Waals surface area contributed by atoms with Crippen molar-refractivity contribution in [3.63, 3.8) is 0 Å². The highest BCUT2D eigenvalue weighted by atomic mass is 19.4. The number of aryl methyl sites for hydroxylation is 1. The number of hydrogen-bond donors (Lipinski definition) is 0. The van der Waals surface area contributed by atoms with Crippen LogP contribution < -0.4 is 0 Å². The van der Waals surface area contributed by atoms with Gasteiger partial charge in [0.15, 0.2) is 0 Å². The lowest BCUT2D eigenvalue weighted by atomic mass is 9.94. The van der Waals surface area contributed by atoms with E-state index in [0.29, 0.717) is 44.5 Å². The molecule has 0 aliphatic carbocycles. The van der Waals surface area contributed by atoms with Crippen LogP contribution in [0.1, 0.15) is 30.6 Å². The fraction of sp³-hybridized carbons (Fsp3) is 0.455. The Labute approximate surface area is 173 Å². The van der Waals surface area contributed by atoms with Crippen molar-refractivity contribution in [1.82, 2.24) is 9.80 Å². The van der Waals surface area contributed by atoms with Crippen LogP contribution in [0.3, 0.4) is 0 Å². The van der Waals surface area contributed by atoms with Crippen LogP contribution in [0.4, 0.5) is 13.2 Å². The van der Waals surface area contributed by atoms with Crippen LogP contribution in [-0.4, -0.2) is 47.4 Å². The molecule has 1 saturated heterocycles. The minimum absolute atomic E-state index is 0.00693. The number of halogens is 3. The number of carbonyl (C=O) groups is 2. The molecule has 0 spiro atoms. The van der Waals surface area contributed by atoms with Gasteiger partial charge in [0, 0.05) is 25.4 Å². The van der Waals surface area contributed by atoms with Gasteiger partial charge in [0.05, 0.1) is 12.8 Å². The zero-order valence-corrected chi connectivity index (χ0v) is 16.6. The van der Waals surface area contributed by atoms with Gasteiger partial charge in [-0.1, -0.05) is 30.3 Å². The minimum Gasteiger partial charge on any atom is -0.467 e. The molecule has 0 radical (unpaired) electrons. The smallest absolute Gasteiger partial charge is 0.406 e. The molecule has 1 aromatic heterocycles. The molecule has 8 heteroatoms. The standard InChI is InChI=1S/C22H25F3N2O3/c23-22(24,25)16-27(15-19-7-4-14-30-19)21(29)18-10-12-26(13-11-18)20(28)9-8-17-5-2-1-3-6-17/h1-7,14,18H,8-13,15-16H2. The first-order valence-electron chi connectivity index (χ1n) is 10.0. The van der Waals surface area contributed by atoms with E-state index in [4.69, 9.17) is 4.42 Å². The first-order valence-corrected chi connectivity index (χ1v) is 10.0. The summed E-state index contributed by atoms with van der Waals surface area (Å²) in [6.45, 7) is -0.778. The van der Waals surface area contributed by atoms with E-state index in [2.05, 4.69) is 0 Å². The van der Waals surface area contributed by atoms with Gasteiger partial charge in [0.2, 0.25) is 11.8 Å². The molecule has 1 aliphatic heterocycles. The minimum atomic E-state index is -4.49. The molecular weight excluding hydrogens is 397 g/mol. The first-order chi connectivity index (χ1) is 14.3. The normalized spacial score (nSPS) is 15.2. The van der Waals surface area contributed by atoms with E-state index in [1.54, 1.807) is 17.0 Å². The van der Waals surface area contributed by atoms with E-state index >= 15 is 0 Å². The monoisotopic (exact) mass is 422 g/mol. The van der Waals surface area contributed by atoms with Gasteiger partial charge in [-0.2, -0.15) is 13.2 Å². The maximum atomic E-state index is 13.0. The summed E-state index contributed by atoms with van der Waals surface area (Å²) >= 11 is 0. The fourth-order valence-electron chi connectivity index (χ4n) is 3.71. The van der Waals surface area contributed by atoms with Crippen LogP contribution in [0.15, 0.2) is 53.1 Å². The van der Waals surface area contributed by atoms with Gasteiger partial charge in [-0.15, -0.1) is 0 Å². The second-order valence-corrected chi connectivity index (χ2v) is 7.53. The van der Waals surface area contributed by atoms with Gasteiger partial charge in [0.25, 0.3) is 0 Å². The van der Waals surface area contributed by atoms with E-state index in [1.807, 2.05) is 30.3 Å². The molecule has 1 aliphatic rings. The number of amides is 2. The van der Waals surface area contributed by atoms with E-state index < -0.39 is 24.5 Å². The third kappa shape index (κ3) is 6.37. The largest absolute Gasteiger partial charge is 0.467 e. The average molecular weight is 422 g/mol. The molecule has 0 unspecified atom stereocenters. The lowest BCUT2D eigenvalue weighted by Crippen LogP contribution is -2.46. The van der Waals surface area contributed by atoms with Crippen molar-refractivity contribution in [1.29, 1.82) is 0 Å². The van der Waals surface area contributed by atoms with Crippen LogP contribution in [0.25, 0.3) is 0 Å². The summed E-state index contributed by atoms with van der Waals surface area (Å²) in [5, 5.41) is 0. The average Bonchev–Trinajstić information content (AvgIpc) is 3.24. The summed E-state index contributed by atoms with van der Waals surface area (Å²) in [6, 6.07) is 12.8. The summed E-state index contributed by atoms with van der Waals surface area (Å²) in [5.74, 6) is -0.755. The van der Waals surface area contributed by atoms with E-state index in [-0.39, 0.29) is 12.5 Å². The van der Waals surface area contributed by atoms with Gasteiger partial charge in [0.1, 0.15) is 12.3 Å². The predicted molar refractivity (Wildman–Crippen MR) is 104 cm³/mol. The molecule has 1 aromatic carbocycles. The zero-order chi connectivity index (χ0) is 21.6. The molecule has 3 rings (SSSR count). The van der Waals surface area contributed by atoms with Crippen molar-refractivity contribution < 1.29 is 27.2 Å². The first kappa shape index (κ1) is 21.9. The number of rotatable bonds is 7. The second kappa shape index (κ2) is 9.82. The Kier molecular flexibility index (Phi) is 7.18. The Morgan fingerprint density at radius 1 is 1.07 bits per heavy atom. The third-order valence-electron chi connectivity index (χ3n) is 5.28. The van der Waals surface area contributed by atoms with Gasteiger partial charge in [-0.05, 0) is 37.0 Å². The number of likely N-dealkylation sites (tertiary alicyclic amines) is 1. The van der Waals surface area contributed by atoms with Crippen molar-refractivity contribution in [2.45, 2.75) is 38.4 Å². The molecule has 0 saturated carbocycles. The van der Waals surface area contributed by atoms with Gasteiger partial charge >= 0.3 is 6.18 Å². The van der Waals surface area contributed by atoms with Crippen LogP contribution in [-0.2, 0) is 22.6 Å². The molecule has 1 fully saturated rings. The van der Waals surface area contributed by atoms with Gasteiger partial charge < -0.3 is 14.2 Å². The van der Waals surface area contributed by atoms with Crippen LogP contribution in [0, 0.1) is 5.92 Å². The molecule has 0 atom stereocenters. The quantitative estimate of drug-likeness (QED) is 0.677. The van der Waals surface area contributed by atoms with E-state index in [1.165, 1.54) is 6.26 Å². The summed E-state index contributed by atoms with van der Waals surface area (Å²) in [6.07, 6.45) is -1.38. The molecule has 162 valence electrons. The number of nitrogens with zero attached hydrogens (tertiary/aromatic N) is 2.